The molecule has 3 N–H and O–H groups in total. The van der Waals surface area contributed by atoms with Crippen LogP contribution in [0.5, 0.6) is 0 Å². The summed E-state index contributed by atoms with van der Waals surface area (Å²) in [6.07, 6.45) is -2.44. The zero-order chi connectivity index (χ0) is 13.5. The van der Waals surface area contributed by atoms with Gasteiger partial charge in [-0.25, -0.2) is 4.79 Å². The fourth-order valence-electron chi connectivity index (χ4n) is 1.73. The molecule has 0 spiro atoms. The van der Waals surface area contributed by atoms with Crippen molar-refractivity contribution < 1.29 is 14.9 Å². The second kappa shape index (κ2) is 4.67. The smallest absolute Gasteiger partial charge is 0.330 e. The lowest BCUT2D eigenvalue weighted by atomic mass is 10.2. The van der Waals surface area contributed by atoms with E-state index in [0.29, 0.717) is 0 Å². The van der Waals surface area contributed by atoms with Crippen molar-refractivity contribution in [3.05, 3.63) is 33.1 Å². The van der Waals surface area contributed by atoms with Crippen molar-refractivity contribution in [3.63, 3.8) is 0 Å². The van der Waals surface area contributed by atoms with Crippen LogP contribution >= 0.6 is 23.2 Å². The topological polar surface area (TPSA) is 105 Å². The van der Waals surface area contributed by atoms with Gasteiger partial charge in [0.15, 0.2) is 10.6 Å². The van der Waals surface area contributed by atoms with E-state index in [9.17, 15) is 14.7 Å². The third-order valence-corrected chi connectivity index (χ3v) is 3.48. The van der Waals surface area contributed by atoms with E-state index in [2.05, 4.69) is 0 Å². The van der Waals surface area contributed by atoms with Crippen LogP contribution in [-0.2, 0) is 4.74 Å². The Morgan fingerprint density at radius 3 is 2.67 bits per heavy atom. The molecule has 2 unspecified atom stereocenters. The summed E-state index contributed by atoms with van der Waals surface area (Å²) in [7, 11) is 0. The molecule has 18 heavy (non-hydrogen) atoms. The van der Waals surface area contributed by atoms with Gasteiger partial charge in [-0.3, -0.25) is 14.3 Å². The zero-order valence-electron chi connectivity index (χ0n) is 8.92. The number of aliphatic hydroxyl groups is 2. The van der Waals surface area contributed by atoms with Crippen molar-refractivity contribution in [2.45, 2.75) is 22.8 Å². The van der Waals surface area contributed by atoms with Crippen molar-refractivity contribution >= 4 is 23.2 Å². The van der Waals surface area contributed by atoms with E-state index in [0.717, 1.165) is 16.8 Å². The van der Waals surface area contributed by atoms with Crippen molar-refractivity contribution in [1.29, 1.82) is 0 Å². The predicted molar refractivity (Wildman–Crippen MR) is 62.8 cm³/mol. The molecule has 7 nitrogen and oxygen atoms in total. The average molecular weight is 297 g/mol. The fraction of sp³-hybridized carbons (Fsp3) is 0.556. The molecule has 100 valence electrons. The number of aromatic nitrogens is 2. The molecule has 1 aromatic heterocycles. The van der Waals surface area contributed by atoms with E-state index in [4.69, 9.17) is 33.0 Å². The molecular weight excluding hydrogens is 287 g/mol. The van der Waals surface area contributed by atoms with Crippen LogP contribution in [-0.4, -0.2) is 42.9 Å². The second-order valence-corrected chi connectivity index (χ2v) is 5.29. The maximum atomic E-state index is 11.6. The van der Waals surface area contributed by atoms with E-state index in [1.807, 2.05) is 4.98 Å². The molecule has 1 aliphatic rings. The molecule has 0 radical (unpaired) electrons. The Kier molecular flexibility index (Phi) is 3.52. The summed E-state index contributed by atoms with van der Waals surface area (Å²) in [5, 5.41) is 18.8. The second-order valence-electron chi connectivity index (χ2n) is 3.85. The van der Waals surface area contributed by atoms with Crippen LogP contribution in [0, 0.1) is 0 Å². The Labute approximate surface area is 111 Å². The summed E-state index contributed by atoms with van der Waals surface area (Å²) in [6.45, 7) is -0.503. The van der Waals surface area contributed by atoms with Crippen LogP contribution in [0.25, 0.3) is 0 Å². The first-order chi connectivity index (χ1) is 8.37. The number of rotatable bonds is 2. The molecule has 3 atom stereocenters. The van der Waals surface area contributed by atoms with E-state index >= 15 is 0 Å². The third kappa shape index (κ3) is 2.08. The molecule has 1 fully saturated rings. The minimum atomic E-state index is -1.81. The molecule has 1 aromatic rings. The molecule has 0 amide bonds. The van der Waals surface area contributed by atoms with Crippen molar-refractivity contribution in [2.75, 3.05) is 6.61 Å². The van der Waals surface area contributed by atoms with Gasteiger partial charge < -0.3 is 14.9 Å². The quantitative estimate of drug-likeness (QED) is 0.605. The van der Waals surface area contributed by atoms with Gasteiger partial charge in [0, 0.05) is 12.3 Å². The third-order valence-electron chi connectivity index (χ3n) is 2.66. The fourth-order valence-corrected chi connectivity index (χ4v) is 2.32. The number of H-pyrrole nitrogens is 1. The van der Waals surface area contributed by atoms with Crippen LogP contribution in [0.3, 0.4) is 0 Å². The standard InChI is InChI=1S/C9H10Cl2N2O5/c10-9(11)6(16)4(3-14)18-7(9)13-2-1-5(15)12-8(13)17/h1-2,4,6-7,14,16H,3H2,(H,12,15,17)/t4?,6-,7?/m1/s1. The summed E-state index contributed by atoms with van der Waals surface area (Å²) in [4.78, 5) is 24.5. The number of halogens is 2. The van der Waals surface area contributed by atoms with Gasteiger partial charge in [-0.05, 0) is 0 Å². The largest absolute Gasteiger partial charge is 0.394 e. The Morgan fingerprint density at radius 1 is 1.50 bits per heavy atom. The normalized spacial score (nSPS) is 30.6. The number of nitrogens with zero attached hydrogens (tertiary/aromatic N) is 1. The van der Waals surface area contributed by atoms with Gasteiger partial charge in [-0.15, -0.1) is 0 Å². The maximum Gasteiger partial charge on any atom is 0.330 e. The highest BCUT2D eigenvalue weighted by atomic mass is 35.5. The van der Waals surface area contributed by atoms with Gasteiger partial charge in [0.2, 0.25) is 0 Å². The van der Waals surface area contributed by atoms with Crippen LogP contribution in [0.4, 0.5) is 0 Å². The monoisotopic (exact) mass is 296 g/mol. The minimum Gasteiger partial charge on any atom is -0.394 e. The van der Waals surface area contributed by atoms with Crippen LogP contribution < -0.4 is 11.2 Å². The maximum absolute atomic E-state index is 11.6. The molecule has 0 bridgehead atoms. The first-order valence-corrected chi connectivity index (χ1v) is 5.77. The lowest BCUT2D eigenvalue weighted by Gasteiger charge is -2.23. The van der Waals surface area contributed by atoms with Gasteiger partial charge in [0.25, 0.3) is 5.56 Å². The molecular formula is C9H10Cl2N2O5. The first-order valence-electron chi connectivity index (χ1n) is 5.01. The van der Waals surface area contributed by atoms with E-state index in [-0.39, 0.29) is 0 Å². The molecule has 0 aromatic carbocycles. The molecule has 2 rings (SSSR count). The highest BCUT2D eigenvalue weighted by Crippen LogP contribution is 2.45. The summed E-state index contributed by atoms with van der Waals surface area (Å²) < 4.78 is 4.36. The Balaban J connectivity index is 2.45. The zero-order valence-corrected chi connectivity index (χ0v) is 10.4. The number of nitrogens with one attached hydrogen (secondary N) is 1. The van der Waals surface area contributed by atoms with Gasteiger partial charge in [0.05, 0.1) is 6.61 Å². The first kappa shape index (κ1) is 13.6. The van der Waals surface area contributed by atoms with Gasteiger partial charge in [0.1, 0.15) is 12.2 Å². The molecule has 0 saturated carbocycles. The number of hydrogen-bond acceptors (Lipinski definition) is 5. The van der Waals surface area contributed by atoms with E-state index < -0.39 is 40.6 Å². The number of ether oxygens (including phenoxy) is 1. The number of hydrogen-bond donors (Lipinski definition) is 3. The number of alkyl halides is 2. The number of aromatic amines is 1. The SMILES string of the molecule is O=c1ccn(C2OC(CO)[C@@H](O)C2(Cl)Cl)c(=O)[nH]1. The minimum absolute atomic E-state index is 0.503. The van der Waals surface area contributed by atoms with Crippen molar-refractivity contribution in [3.8, 4) is 0 Å². The van der Waals surface area contributed by atoms with Gasteiger partial charge in [-0.1, -0.05) is 23.2 Å². The Morgan fingerprint density at radius 2 is 2.17 bits per heavy atom. The summed E-state index contributed by atoms with van der Waals surface area (Å²) >= 11 is 11.9. The summed E-state index contributed by atoms with van der Waals surface area (Å²) in [6, 6.07) is 1.09. The molecule has 9 heteroatoms. The van der Waals surface area contributed by atoms with Gasteiger partial charge in [-0.2, -0.15) is 0 Å². The van der Waals surface area contributed by atoms with Crippen molar-refractivity contribution in [2.24, 2.45) is 0 Å². The highest BCUT2D eigenvalue weighted by molar-refractivity contribution is 6.49. The van der Waals surface area contributed by atoms with Crippen molar-refractivity contribution in [1.82, 2.24) is 9.55 Å². The highest BCUT2D eigenvalue weighted by Gasteiger charge is 2.55. The Hall–Kier alpha value is -0.860. The molecule has 1 aliphatic heterocycles. The summed E-state index contributed by atoms with van der Waals surface area (Å²) in [5.41, 5.74) is -1.35. The van der Waals surface area contributed by atoms with Crippen LogP contribution in [0.15, 0.2) is 21.9 Å². The Bertz CT molecular complexity index is 554. The molecule has 1 saturated heterocycles. The lowest BCUT2D eigenvalue weighted by Crippen LogP contribution is -2.41. The van der Waals surface area contributed by atoms with Crippen LogP contribution in [0.2, 0.25) is 0 Å². The van der Waals surface area contributed by atoms with Gasteiger partial charge >= 0.3 is 5.69 Å². The molecule has 0 aliphatic carbocycles. The van der Waals surface area contributed by atoms with Crippen LogP contribution in [0.1, 0.15) is 6.23 Å². The van der Waals surface area contributed by atoms with E-state index in [1.54, 1.807) is 0 Å². The molecule has 2 heterocycles. The average Bonchev–Trinajstić information content (AvgIpc) is 2.52. The van der Waals surface area contributed by atoms with E-state index in [1.165, 1.54) is 0 Å². The summed E-state index contributed by atoms with van der Waals surface area (Å²) in [5.74, 6) is 0. The number of aliphatic hydroxyl groups excluding tert-OH is 2. The predicted octanol–water partition coefficient (Wildman–Crippen LogP) is -1.04. The lowest BCUT2D eigenvalue weighted by molar-refractivity contribution is -0.0462.